The van der Waals surface area contributed by atoms with E-state index < -0.39 is 5.54 Å². The predicted molar refractivity (Wildman–Crippen MR) is 58.4 cm³/mol. The molecule has 0 aromatic rings. The Labute approximate surface area is 94.9 Å². The molecular formula is C12H17NO3. The lowest BCUT2D eigenvalue weighted by molar-refractivity contribution is -0.148. The van der Waals surface area contributed by atoms with Gasteiger partial charge in [0.25, 0.3) is 11.8 Å². The van der Waals surface area contributed by atoms with E-state index in [-0.39, 0.29) is 18.4 Å². The monoisotopic (exact) mass is 223 g/mol. The van der Waals surface area contributed by atoms with Gasteiger partial charge in [-0.05, 0) is 31.6 Å². The summed E-state index contributed by atoms with van der Waals surface area (Å²) in [5.74, 6) is 0.0441. The van der Waals surface area contributed by atoms with Crippen molar-refractivity contribution < 1.29 is 14.7 Å². The van der Waals surface area contributed by atoms with Crippen molar-refractivity contribution in [2.45, 2.75) is 38.1 Å². The second-order valence-corrected chi connectivity index (χ2v) is 4.91. The van der Waals surface area contributed by atoms with E-state index in [1.165, 1.54) is 17.1 Å². The van der Waals surface area contributed by atoms with E-state index in [2.05, 4.69) is 6.92 Å². The van der Waals surface area contributed by atoms with Crippen LogP contribution in [0.2, 0.25) is 0 Å². The maximum atomic E-state index is 11.6. The quantitative estimate of drug-likeness (QED) is 0.706. The van der Waals surface area contributed by atoms with E-state index >= 15 is 0 Å². The molecule has 0 aromatic carbocycles. The zero-order valence-electron chi connectivity index (χ0n) is 9.48. The Morgan fingerprint density at radius 1 is 1.31 bits per heavy atom. The summed E-state index contributed by atoms with van der Waals surface area (Å²) in [6, 6.07) is 0. The molecule has 1 aliphatic heterocycles. The minimum absolute atomic E-state index is 0.126. The van der Waals surface area contributed by atoms with Crippen LogP contribution >= 0.6 is 0 Å². The molecule has 0 bridgehead atoms. The third kappa shape index (κ3) is 1.67. The minimum atomic E-state index is -0.649. The largest absolute Gasteiger partial charge is 0.394 e. The van der Waals surface area contributed by atoms with Crippen LogP contribution in [0.4, 0.5) is 0 Å². The Hall–Kier alpha value is -1.16. The summed E-state index contributed by atoms with van der Waals surface area (Å²) < 4.78 is 0. The summed E-state index contributed by atoms with van der Waals surface area (Å²) >= 11 is 0. The number of carbonyl (C=O) groups is 2. The lowest BCUT2D eigenvalue weighted by Gasteiger charge is -2.43. The molecule has 2 aliphatic rings. The zero-order chi connectivity index (χ0) is 11.8. The summed E-state index contributed by atoms with van der Waals surface area (Å²) in [6.45, 7) is 2.03. The molecule has 1 saturated carbocycles. The van der Waals surface area contributed by atoms with Gasteiger partial charge in [0.15, 0.2) is 0 Å². The molecule has 1 heterocycles. The fraction of sp³-hybridized carbons (Fsp3) is 0.667. The van der Waals surface area contributed by atoms with Crippen LogP contribution in [-0.2, 0) is 9.59 Å². The van der Waals surface area contributed by atoms with E-state index in [1.807, 2.05) is 0 Å². The predicted octanol–water partition coefficient (Wildman–Crippen LogP) is 0.853. The fourth-order valence-electron chi connectivity index (χ4n) is 2.62. The molecule has 0 aromatic heterocycles. The van der Waals surface area contributed by atoms with Crippen LogP contribution in [0, 0.1) is 5.92 Å². The van der Waals surface area contributed by atoms with Crippen molar-refractivity contribution in [2.24, 2.45) is 5.92 Å². The molecule has 0 atom stereocenters. The van der Waals surface area contributed by atoms with Gasteiger partial charge in [0, 0.05) is 12.2 Å². The second kappa shape index (κ2) is 4.01. The molecule has 0 radical (unpaired) electrons. The highest BCUT2D eigenvalue weighted by Gasteiger charge is 2.45. The number of hydrogen-bond acceptors (Lipinski definition) is 3. The van der Waals surface area contributed by atoms with Gasteiger partial charge in [-0.1, -0.05) is 6.92 Å². The highest BCUT2D eigenvalue weighted by Crippen LogP contribution is 2.37. The Morgan fingerprint density at radius 2 is 1.81 bits per heavy atom. The van der Waals surface area contributed by atoms with E-state index in [4.69, 9.17) is 0 Å². The van der Waals surface area contributed by atoms with Crippen LogP contribution in [0.5, 0.6) is 0 Å². The number of hydrogen-bond donors (Lipinski definition) is 1. The van der Waals surface area contributed by atoms with Gasteiger partial charge < -0.3 is 5.11 Å². The first-order valence-corrected chi connectivity index (χ1v) is 5.76. The van der Waals surface area contributed by atoms with Crippen LogP contribution in [0.1, 0.15) is 32.6 Å². The van der Waals surface area contributed by atoms with Gasteiger partial charge >= 0.3 is 0 Å². The molecule has 0 unspecified atom stereocenters. The topological polar surface area (TPSA) is 57.6 Å². The van der Waals surface area contributed by atoms with Crippen molar-refractivity contribution in [1.29, 1.82) is 0 Å². The standard InChI is InChI=1S/C12H17NO3/c1-9-4-6-12(8-14,7-5-9)13-10(15)2-3-11(13)16/h2-3,9,14H,4-8H2,1H3. The Morgan fingerprint density at radius 3 is 2.25 bits per heavy atom. The minimum Gasteiger partial charge on any atom is -0.394 e. The van der Waals surface area contributed by atoms with Crippen LogP contribution in [-0.4, -0.2) is 34.0 Å². The van der Waals surface area contributed by atoms with Crippen molar-refractivity contribution in [2.75, 3.05) is 6.61 Å². The van der Waals surface area contributed by atoms with Gasteiger partial charge in [-0.15, -0.1) is 0 Å². The van der Waals surface area contributed by atoms with Gasteiger partial charge in [-0.25, -0.2) is 0 Å². The first-order valence-electron chi connectivity index (χ1n) is 5.76. The van der Waals surface area contributed by atoms with Gasteiger partial charge in [0.05, 0.1) is 12.1 Å². The van der Waals surface area contributed by atoms with Crippen molar-refractivity contribution in [3.63, 3.8) is 0 Å². The number of carbonyl (C=O) groups excluding carboxylic acids is 2. The molecule has 0 spiro atoms. The molecule has 16 heavy (non-hydrogen) atoms. The summed E-state index contributed by atoms with van der Waals surface area (Å²) in [4.78, 5) is 24.5. The van der Waals surface area contributed by atoms with Crippen LogP contribution in [0.25, 0.3) is 0 Å². The lowest BCUT2D eigenvalue weighted by atomic mass is 9.76. The third-order valence-corrected chi connectivity index (χ3v) is 3.78. The number of amides is 2. The smallest absolute Gasteiger partial charge is 0.254 e. The van der Waals surface area contributed by atoms with E-state index in [0.717, 1.165) is 12.8 Å². The molecular weight excluding hydrogens is 206 g/mol. The Kier molecular flexibility index (Phi) is 2.84. The molecule has 88 valence electrons. The SMILES string of the molecule is CC1CCC(CO)(N2C(=O)C=CC2=O)CC1. The Balaban J connectivity index is 2.22. The first-order chi connectivity index (χ1) is 7.59. The third-order valence-electron chi connectivity index (χ3n) is 3.78. The van der Waals surface area contributed by atoms with E-state index in [0.29, 0.717) is 18.8 Å². The van der Waals surface area contributed by atoms with Crippen molar-refractivity contribution in [3.05, 3.63) is 12.2 Å². The van der Waals surface area contributed by atoms with Crippen LogP contribution in [0.15, 0.2) is 12.2 Å². The van der Waals surface area contributed by atoms with Gasteiger partial charge in [0.1, 0.15) is 0 Å². The molecule has 1 aliphatic carbocycles. The molecule has 4 heteroatoms. The van der Waals surface area contributed by atoms with E-state index in [1.54, 1.807) is 0 Å². The van der Waals surface area contributed by atoms with Crippen molar-refractivity contribution in [1.82, 2.24) is 4.90 Å². The average molecular weight is 223 g/mol. The summed E-state index contributed by atoms with van der Waals surface area (Å²) in [6.07, 6.45) is 5.92. The Bertz CT molecular complexity index is 322. The van der Waals surface area contributed by atoms with Crippen molar-refractivity contribution in [3.8, 4) is 0 Å². The number of aliphatic hydroxyl groups is 1. The molecule has 0 saturated heterocycles. The summed E-state index contributed by atoms with van der Waals surface area (Å²) in [5.41, 5.74) is -0.649. The zero-order valence-corrected chi connectivity index (χ0v) is 9.48. The second-order valence-electron chi connectivity index (χ2n) is 4.91. The van der Waals surface area contributed by atoms with Crippen LogP contribution < -0.4 is 0 Å². The van der Waals surface area contributed by atoms with Gasteiger partial charge in [-0.2, -0.15) is 0 Å². The number of aliphatic hydroxyl groups excluding tert-OH is 1. The highest BCUT2D eigenvalue weighted by molar-refractivity contribution is 6.13. The molecule has 1 N–H and O–H groups in total. The van der Waals surface area contributed by atoms with Gasteiger partial charge in [0.2, 0.25) is 0 Å². The van der Waals surface area contributed by atoms with Gasteiger partial charge in [-0.3, -0.25) is 14.5 Å². The average Bonchev–Trinajstić information content (AvgIpc) is 2.62. The van der Waals surface area contributed by atoms with Crippen molar-refractivity contribution >= 4 is 11.8 Å². The molecule has 2 amide bonds. The molecule has 1 fully saturated rings. The maximum absolute atomic E-state index is 11.6. The maximum Gasteiger partial charge on any atom is 0.254 e. The number of imide groups is 1. The summed E-state index contributed by atoms with van der Waals surface area (Å²) in [5, 5.41) is 9.55. The highest BCUT2D eigenvalue weighted by atomic mass is 16.3. The molecule has 4 nitrogen and oxygen atoms in total. The number of nitrogens with zero attached hydrogens (tertiary/aromatic N) is 1. The van der Waals surface area contributed by atoms with Crippen LogP contribution in [0.3, 0.4) is 0 Å². The fourth-order valence-corrected chi connectivity index (χ4v) is 2.62. The first kappa shape index (κ1) is 11.3. The number of rotatable bonds is 2. The molecule has 2 rings (SSSR count). The summed E-state index contributed by atoms with van der Waals surface area (Å²) in [7, 11) is 0. The lowest BCUT2D eigenvalue weighted by Crippen LogP contribution is -2.56. The normalized spacial score (nSPS) is 34.9. The van der Waals surface area contributed by atoms with E-state index in [9.17, 15) is 14.7 Å².